The molecule has 0 amide bonds. The van der Waals surface area contributed by atoms with E-state index in [1.54, 1.807) is 0 Å². The minimum atomic E-state index is 1.03. The van der Waals surface area contributed by atoms with Gasteiger partial charge in [-0.05, 0) is 5.92 Å². The van der Waals surface area contributed by atoms with E-state index >= 15 is 0 Å². The molecule has 0 saturated carbocycles. The van der Waals surface area contributed by atoms with Crippen LogP contribution in [0.3, 0.4) is 0 Å². The molecule has 0 nitrogen and oxygen atoms in total. The van der Waals surface area contributed by atoms with Gasteiger partial charge >= 0.3 is 0 Å². The third-order valence-electron chi connectivity index (χ3n) is 13.1. The number of hydrogen-bond acceptors (Lipinski definition) is 0. The van der Waals surface area contributed by atoms with E-state index in [1.807, 2.05) is 0 Å². The lowest BCUT2D eigenvalue weighted by Crippen LogP contribution is -2.01. The van der Waals surface area contributed by atoms with Crippen LogP contribution in [0.1, 0.15) is 342 Å². The lowest BCUT2D eigenvalue weighted by Gasteiger charge is -2.17. The minimum Gasteiger partial charge on any atom is -0.0654 e. The first-order chi connectivity index (χ1) is 26.8. The van der Waals surface area contributed by atoms with E-state index in [4.69, 9.17) is 0 Å². The van der Waals surface area contributed by atoms with Crippen molar-refractivity contribution >= 4 is 0 Å². The van der Waals surface area contributed by atoms with Crippen LogP contribution in [0.25, 0.3) is 0 Å². The van der Waals surface area contributed by atoms with Gasteiger partial charge in [0.25, 0.3) is 0 Å². The highest BCUT2D eigenvalue weighted by atomic mass is 14.2. The second kappa shape index (κ2) is 51.0. The second-order valence-corrected chi connectivity index (χ2v) is 18.8. The fraction of sp³-hybridized carbons (Fsp3) is 1.00. The van der Waals surface area contributed by atoms with Crippen LogP contribution in [0.15, 0.2) is 0 Å². The topological polar surface area (TPSA) is 0 Å². The van der Waals surface area contributed by atoms with Crippen molar-refractivity contribution in [3.05, 3.63) is 0 Å². The maximum atomic E-state index is 2.32. The van der Waals surface area contributed by atoms with Crippen molar-refractivity contribution in [1.82, 2.24) is 0 Å². The van der Waals surface area contributed by atoms with Crippen LogP contribution < -0.4 is 0 Å². The molecule has 0 aromatic heterocycles. The molecular formula is C54H110. The van der Waals surface area contributed by atoms with Crippen molar-refractivity contribution in [2.45, 2.75) is 342 Å². The van der Waals surface area contributed by atoms with E-state index in [0.717, 1.165) is 5.92 Å². The highest BCUT2D eigenvalue weighted by molar-refractivity contribution is 4.63. The Bertz CT molecular complexity index is 571. The van der Waals surface area contributed by atoms with Crippen LogP contribution in [-0.4, -0.2) is 0 Å². The van der Waals surface area contributed by atoms with Gasteiger partial charge in [0.05, 0.1) is 0 Å². The van der Waals surface area contributed by atoms with E-state index in [2.05, 4.69) is 20.8 Å². The monoisotopic (exact) mass is 759 g/mol. The van der Waals surface area contributed by atoms with Crippen LogP contribution in [0.4, 0.5) is 0 Å². The zero-order chi connectivity index (χ0) is 38.9. The fourth-order valence-corrected chi connectivity index (χ4v) is 9.20. The third kappa shape index (κ3) is 48.1. The molecule has 0 fully saturated rings. The Morgan fingerprint density at radius 1 is 0.148 bits per heavy atom. The van der Waals surface area contributed by atoms with Crippen molar-refractivity contribution in [2.24, 2.45) is 5.92 Å². The summed E-state index contributed by atoms with van der Waals surface area (Å²) in [6.45, 7) is 6.96. The van der Waals surface area contributed by atoms with E-state index in [-0.39, 0.29) is 0 Å². The summed E-state index contributed by atoms with van der Waals surface area (Å²) in [6.07, 6.45) is 74.3. The van der Waals surface area contributed by atoms with Gasteiger partial charge in [0.15, 0.2) is 0 Å². The molecule has 0 aromatic carbocycles. The molecular weight excluding hydrogens is 649 g/mol. The molecule has 0 bridgehead atoms. The van der Waals surface area contributed by atoms with E-state index in [0.29, 0.717) is 0 Å². The molecule has 54 heavy (non-hydrogen) atoms. The van der Waals surface area contributed by atoms with Gasteiger partial charge in [-0.3, -0.25) is 0 Å². The van der Waals surface area contributed by atoms with Gasteiger partial charge in [0.1, 0.15) is 0 Å². The van der Waals surface area contributed by atoms with Crippen molar-refractivity contribution in [3.63, 3.8) is 0 Å². The van der Waals surface area contributed by atoms with Gasteiger partial charge in [-0.2, -0.15) is 0 Å². The van der Waals surface area contributed by atoms with Gasteiger partial charge in [0, 0.05) is 0 Å². The standard InChI is InChI=1S/C54H110/c1-4-7-10-13-16-19-22-25-28-31-34-37-40-43-46-49-52-54(51-48-45-42-39-36-33-30-27-24-21-18-15-12-9-6-3)53-50-47-44-41-38-35-32-29-26-23-20-17-14-11-8-5-2/h54H,4-53H2,1-3H3. The summed E-state index contributed by atoms with van der Waals surface area (Å²) in [5, 5.41) is 0. The lowest BCUT2D eigenvalue weighted by molar-refractivity contribution is 0.365. The van der Waals surface area contributed by atoms with Crippen LogP contribution in [-0.2, 0) is 0 Å². The molecule has 0 aliphatic rings. The highest BCUT2D eigenvalue weighted by Crippen LogP contribution is 2.25. The first kappa shape index (κ1) is 54.0. The second-order valence-electron chi connectivity index (χ2n) is 18.8. The average molecular weight is 759 g/mol. The van der Waals surface area contributed by atoms with Crippen molar-refractivity contribution in [1.29, 1.82) is 0 Å². The normalized spacial score (nSPS) is 11.8. The maximum absolute atomic E-state index is 2.32. The maximum Gasteiger partial charge on any atom is -0.0414 e. The van der Waals surface area contributed by atoms with Gasteiger partial charge in [-0.15, -0.1) is 0 Å². The Morgan fingerprint density at radius 2 is 0.259 bits per heavy atom. The molecule has 0 heterocycles. The quantitative estimate of drug-likeness (QED) is 0.0542. The SMILES string of the molecule is CCCCCCCCCCCCCCCCCCC(CCCCCCCCCCCCCCCCC)CCCCCCCCCCCCCCCCCC. The smallest absolute Gasteiger partial charge is 0.0414 e. The van der Waals surface area contributed by atoms with E-state index in [1.165, 1.54) is 321 Å². The molecule has 0 spiro atoms. The Balaban J connectivity index is 3.94. The predicted octanol–water partition coefficient (Wildman–Crippen LogP) is 21.2. The lowest BCUT2D eigenvalue weighted by atomic mass is 9.89. The van der Waals surface area contributed by atoms with Crippen molar-refractivity contribution in [2.75, 3.05) is 0 Å². The molecule has 0 aliphatic carbocycles. The fourth-order valence-electron chi connectivity index (χ4n) is 9.20. The highest BCUT2D eigenvalue weighted by Gasteiger charge is 2.09. The van der Waals surface area contributed by atoms with Gasteiger partial charge in [-0.1, -0.05) is 342 Å². The van der Waals surface area contributed by atoms with E-state index in [9.17, 15) is 0 Å². The van der Waals surface area contributed by atoms with Crippen LogP contribution >= 0.6 is 0 Å². The minimum absolute atomic E-state index is 1.03. The van der Waals surface area contributed by atoms with Gasteiger partial charge < -0.3 is 0 Å². The molecule has 0 saturated heterocycles. The molecule has 0 radical (unpaired) electrons. The number of hydrogen-bond donors (Lipinski definition) is 0. The van der Waals surface area contributed by atoms with Crippen LogP contribution in [0.2, 0.25) is 0 Å². The summed E-state index contributed by atoms with van der Waals surface area (Å²) in [4.78, 5) is 0. The number of unbranched alkanes of at least 4 members (excludes halogenated alkanes) is 44. The number of rotatable bonds is 50. The molecule has 0 unspecified atom stereocenters. The largest absolute Gasteiger partial charge is 0.0654 e. The molecule has 0 aliphatic heterocycles. The summed E-state index contributed by atoms with van der Waals surface area (Å²) >= 11 is 0. The first-order valence-corrected chi connectivity index (χ1v) is 26.8. The Morgan fingerprint density at radius 3 is 0.389 bits per heavy atom. The van der Waals surface area contributed by atoms with Gasteiger partial charge in [-0.25, -0.2) is 0 Å². The molecule has 0 heteroatoms. The summed E-state index contributed by atoms with van der Waals surface area (Å²) in [5.41, 5.74) is 0. The Hall–Kier alpha value is 0. The Labute approximate surface area is 346 Å². The van der Waals surface area contributed by atoms with Crippen LogP contribution in [0, 0.1) is 5.92 Å². The van der Waals surface area contributed by atoms with Gasteiger partial charge in [0.2, 0.25) is 0 Å². The molecule has 326 valence electrons. The van der Waals surface area contributed by atoms with Crippen LogP contribution in [0.5, 0.6) is 0 Å². The van der Waals surface area contributed by atoms with Crippen molar-refractivity contribution in [3.8, 4) is 0 Å². The zero-order valence-corrected chi connectivity index (χ0v) is 38.9. The third-order valence-corrected chi connectivity index (χ3v) is 13.1. The summed E-state index contributed by atoms with van der Waals surface area (Å²) in [7, 11) is 0. The summed E-state index contributed by atoms with van der Waals surface area (Å²) in [6, 6.07) is 0. The predicted molar refractivity (Wildman–Crippen MR) is 251 cm³/mol. The summed E-state index contributed by atoms with van der Waals surface area (Å²) < 4.78 is 0. The molecule has 0 atom stereocenters. The first-order valence-electron chi connectivity index (χ1n) is 26.8. The molecule has 0 N–H and O–H groups in total. The molecule has 0 aromatic rings. The average Bonchev–Trinajstić information content (AvgIpc) is 3.18. The Kier molecular flexibility index (Phi) is 51.0. The van der Waals surface area contributed by atoms with E-state index < -0.39 is 0 Å². The zero-order valence-electron chi connectivity index (χ0n) is 38.9. The molecule has 0 rings (SSSR count). The van der Waals surface area contributed by atoms with Crippen molar-refractivity contribution < 1.29 is 0 Å². The summed E-state index contributed by atoms with van der Waals surface area (Å²) in [5.74, 6) is 1.03.